The van der Waals surface area contributed by atoms with Gasteiger partial charge in [0, 0.05) is 21.3 Å². The van der Waals surface area contributed by atoms with Gasteiger partial charge in [-0.05, 0) is 65.8 Å². The van der Waals surface area contributed by atoms with E-state index in [0.29, 0.717) is 0 Å². The van der Waals surface area contributed by atoms with Gasteiger partial charge in [-0.25, -0.2) is 23.7 Å². The summed E-state index contributed by atoms with van der Waals surface area (Å²) < 4.78 is 66.4. The van der Waals surface area contributed by atoms with Crippen LogP contribution in [0.3, 0.4) is 0 Å². The molecule has 0 radical (unpaired) electrons. The number of anilines is 1. The maximum Gasteiger partial charge on any atom is 0.459 e. The SMILES string of the molecule is CO[C@H](C)C(=O)Nc1ncnn2c([C@@H]3O[C@](C#N)(CO[P@@](=O)(N[C@@H](C)C(=O)OC(C)C)Oc4ccccc4)[C@@H](OC(=O)[C@@H](C)OC)[C@H]3OC(=O)[C@@H](C)OC)ccc12. The molecule has 3 heterocycles. The van der Waals surface area contributed by atoms with Crippen molar-refractivity contribution in [3.05, 3.63) is 54.5 Å². The van der Waals surface area contributed by atoms with Crippen molar-refractivity contribution in [3.8, 4) is 11.8 Å². The van der Waals surface area contributed by atoms with Crippen LogP contribution in [0.4, 0.5) is 5.82 Å². The summed E-state index contributed by atoms with van der Waals surface area (Å²) >= 11 is 0. The molecule has 1 fully saturated rings. The Morgan fingerprint density at radius 2 is 1.54 bits per heavy atom. The van der Waals surface area contributed by atoms with E-state index in [1.165, 1.54) is 77.8 Å². The molecule has 3 aromatic rings. The Hall–Kier alpha value is -5.00. The lowest BCUT2D eigenvalue weighted by Gasteiger charge is -2.31. The summed E-state index contributed by atoms with van der Waals surface area (Å²) in [4.78, 5) is 56.5. The third-order valence-electron chi connectivity index (χ3n) is 8.66. The lowest BCUT2D eigenvalue weighted by molar-refractivity contribution is -0.180. The number of rotatable bonds is 19. The fourth-order valence-electron chi connectivity index (χ4n) is 5.29. The van der Waals surface area contributed by atoms with Gasteiger partial charge in [0.1, 0.15) is 48.5 Å². The van der Waals surface area contributed by atoms with Crippen molar-refractivity contribution in [3.63, 3.8) is 0 Å². The second-order valence-corrected chi connectivity index (χ2v) is 14.8. The number of nitriles is 1. The maximum atomic E-state index is 14.5. The van der Waals surface area contributed by atoms with Crippen molar-refractivity contribution in [2.75, 3.05) is 33.3 Å². The summed E-state index contributed by atoms with van der Waals surface area (Å²) in [6, 6.07) is 11.6. The number of nitrogens with zero attached hydrogens (tertiary/aromatic N) is 4. The van der Waals surface area contributed by atoms with Crippen molar-refractivity contribution >= 4 is 42.9 Å². The van der Waals surface area contributed by atoms with E-state index in [1.54, 1.807) is 32.0 Å². The molecule has 310 valence electrons. The van der Waals surface area contributed by atoms with Crippen LogP contribution >= 0.6 is 7.75 Å². The zero-order valence-electron chi connectivity index (χ0n) is 32.9. The van der Waals surface area contributed by atoms with Crippen LogP contribution in [0.5, 0.6) is 5.75 Å². The highest BCUT2D eigenvalue weighted by Crippen LogP contribution is 2.50. The topological polar surface area (TPSA) is 246 Å². The summed E-state index contributed by atoms with van der Waals surface area (Å²) in [6.07, 6.45) is -7.44. The van der Waals surface area contributed by atoms with Crippen molar-refractivity contribution < 1.29 is 65.9 Å². The number of hydrogen-bond acceptors (Lipinski definition) is 17. The molecule has 0 spiro atoms. The molecular weight excluding hydrogens is 771 g/mol. The van der Waals surface area contributed by atoms with E-state index < -0.39 is 92.5 Å². The Morgan fingerprint density at radius 1 is 0.912 bits per heavy atom. The molecule has 4 rings (SSSR count). The molecule has 57 heavy (non-hydrogen) atoms. The first-order valence-electron chi connectivity index (χ1n) is 17.7. The molecule has 2 N–H and O–H groups in total. The van der Waals surface area contributed by atoms with E-state index in [-0.39, 0.29) is 22.8 Å². The fourth-order valence-corrected chi connectivity index (χ4v) is 6.81. The minimum Gasteiger partial charge on any atom is -0.462 e. The van der Waals surface area contributed by atoms with Crippen molar-refractivity contribution in [2.24, 2.45) is 0 Å². The Balaban J connectivity index is 1.85. The number of para-hydroxylation sites is 1. The van der Waals surface area contributed by atoms with E-state index in [9.17, 15) is 29.0 Å². The molecule has 9 atom stereocenters. The minimum atomic E-state index is -4.66. The first kappa shape index (κ1) is 44.7. The minimum absolute atomic E-state index is 0.0633. The van der Waals surface area contributed by atoms with E-state index >= 15 is 0 Å². The van der Waals surface area contributed by atoms with Crippen LogP contribution in [0.25, 0.3) is 5.52 Å². The Kier molecular flexibility index (Phi) is 15.2. The highest BCUT2D eigenvalue weighted by Gasteiger charge is 2.62. The van der Waals surface area contributed by atoms with Crippen LogP contribution in [0.2, 0.25) is 0 Å². The third-order valence-corrected chi connectivity index (χ3v) is 10.3. The van der Waals surface area contributed by atoms with Gasteiger partial charge >= 0.3 is 25.7 Å². The lowest BCUT2D eigenvalue weighted by atomic mass is 9.95. The normalized spacial score (nSPS) is 22.4. The van der Waals surface area contributed by atoms with Crippen LogP contribution in [-0.4, -0.2) is 115 Å². The average molecular weight is 819 g/mol. The van der Waals surface area contributed by atoms with E-state index in [2.05, 4.69) is 20.5 Å². The second-order valence-electron chi connectivity index (χ2n) is 13.1. The molecule has 0 saturated carbocycles. The predicted octanol–water partition coefficient (Wildman–Crippen LogP) is 3.06. The molecule has 20 nitrogen and oxygen atoms in total. The third kappa shape index (κ3) is 10.7. The number of fused-ring (bicyclic) bond motifs is 1. The van der Waals surface area contributed by atoms with Crippen molar-refractivity contribution in [1.82, 2.24) is 19.7 Å². The quantitative estimate of drug-likeness (QED) is 0.100. The predicted molar refractivity (Wildman–Crippen MR) is 197 cm³/mol. The van der Waals surface area contributed by atoms with Crippen LogP contribution in [-0.2, 0) is 61.4 Å². The molecular formula is C36H47N6O14P. The second kappa shape index (κ2) is 19.4. The number of ether oxygens (including phenoxy) is 7. The first-order chi connectivity index (χ1) is 27.0. The number of benzene rings is 1. The number of carbonyl (C=O) groups excluding carboxylic acids is 4. The smallest absolute Gasteiger partial charge is 0.459 e. The van der Waals surface area contributed by atoms with E-state index in [4.69, 9.17) is 42.2 Å². The summed E-state index contributed by atoms with van der Waals surface area (Å²) in [5.74, 6) is -3.08. The highest BCUT2D eigenvalue weighted by atomic mass is 31.2. The van der Waals surface area contributed by atoms with Crippen LogP contribution in [0.1, 0.15) is 53.3 Å². The zero-order chi connectivity index (χ0) is 42.1. The van der Waals surface area contributed by atoms with Crippen molar-refractivity contribution in [1.29, 1.82) is 5.26 Å². The Labute approximate surface area is 328 Å². The molecule has 1 aliphatic rings. The molecule has 1 aliphatic heterocycles. The number of carbonyl (C=O) groups is 4. The van der Waals surface area contributed by atoms with Crippen LogP contribution in [0, 0.1) is 11.3 Å². The van der Waals surface area contributed by atoms with Gasteiger partial charge in [-0.15, -0.1) is 0 Å². The van der Waals surface area contributed by atoms with Crippen molar-refractivity contribution in [2.45, 2.75) is 95.9 Å². The lowest BCUT2D eigenvalue weighted by Crippen LogP contribution is -2.51. The van der Waals surface area contributed by atoms with Crippen LogP contribution in [0.15, 0.2) is 48.8 Å². The van der Waals surface area contributed by atoms with Gasteiger partial charge in [-0.3, -0.25) is 14.1 Å². The molecule has 0 aliphatic carbocycles. The number of methoxy groups -OCH3 is 3. The fraction of sp³-hybridized carbons (Fsp3) is 0.528. The van der Waals surface area contributed by atoms with Crippen LogP contribution < -0.4 is 14.9 Å². The van der Waals surface area contributed by atoms with E-state index in [0.717, 1.165) is 6.33 Å². The Bertz CT molecular complexity index is 1970. The molecule has 2 aromatic heterocycles. The number of esters is 3. The molecule has 1 aromatic carbocycles. The summed E-state index contributed by atoms with van der Waals surface area (Å²) in [7, 11) is -0.769. The summed E-state index contributed by atoms with van der Waals surface area (Å²) in [6.45, 7) is 8.00. The van der Waals surface area contributed by atoms with Gasteiger partial charge in [0.25, 0.3) is 5.91 Å². The number of aromatic nitrogens is 3. The molecule has 0 unspecified atom stereocenters. The largest absolute Gasteiger partial charge is 0.462 e. The monoisotopic (exact) mass is 818 g/mol. The highest BCUT2D eigenvalue weighted by molar-refractivity contribution is 7.52. The van der Waals surface area contributed by atoms with Gasteiger partial charge in [0.2, 0.25) is 5.60 Å². The van der Waals surface area contributed by atoms with Gasteiger partial charge in [-0.1, -0.05) is 18.2 Å². The summed E-state index contributed by atoms with van der Waals surface area (Å²) in [5, 5.41) is 20.4. The number of amides is 1. The zero-order valence-corrected chi connectivity index (χ0v) is 33.8. The molecule has 1 amide bonds. The molecule has 21 heteroatoms. The van der Waals surface area contributed by atoms with Gasteiger partial charge in [0.15, 0.2) is 30.2 Å². The summed E-state index contributed by atoms with van der Waals surface area (Å²) in [5.41, 5.74) is -2.03. The standard InChI is InChI=1S/C36H47N6O14P/c1-20(2)52-33(44)21(3)41-57(47,56-25-13-11-10-12-14-25)51-18-36(17-37)30(54-35(46)24(6)50-9)29(53-34(45)23(5)49-8)28(55-36)26-15-16-27-31(38-19-39-42(26)27)40-32(43)22(4)48-7/h10-16,19-24,28-30H,18H2,1-9H3,(H,41,47)(H,38,39,40,43)/t21-,22+,23+,24+,28-,29-,30-,36+,57-/m0/s1. The Morgan fingerprint density at radius 3 is 2.14 bits per heavy atom. The maximum absolute atomic E-state index is 14.5. The van der Waals surface area contributed by atoms with Gasteiger partial charge in [-0.2, -0.15) is 15.4 Å². The number of hydrogen-bond donors (Lipinski definition) is 2. The van der Waals surface area contributed by atoms with E-state index in [1.807, 2.05) is 6.07 Å². The average Bonchev–Trinajstić information content (AvgIpc) is 3.75. The first-order valence-corrected chi connectivity index (χ1v) is 19.3. The molecule has 1 saturated heterocycles. The van der Waals surface area contributed by atoms with Gasteiger partial charge < -0.3 is 43.0 Å². The number of nitrogens with one attached hydrogen (secondary N) is 2. The van der Waals surface area contributed by atoms with Gasteiger partial charge in [0.05, 0.1) is 11.8 Å². The molecule has 0 bridgehead atoms.